The standard InChI is InChI=1S/C25H24F3N5O4S/c1-15-20(22-9-10-31-32(22)2)12-21(23(34)30-13-17-7-8-19(14-29-17)38(3,36)37)24(35)33(15)18-6-4-5-16(11-18)25(26,27)28/h4,6-12,14,16H,5,13H2,1-3H3,(H,30,34). The molecule has 9 nitrogen and oxygen atoms in total. The lowest BCUT2D eigenvalue weighted by atomic mass is 9.97. The van der Waals surface area contributed by atoms with Gasteiger partial charge in [0, 0.05) is 42.7 Å². The van der Waals surface area contributed by atoms with Crippen LogP contribution in [0.5, 0.6) is 0 Å². The van der Waals surface area contributed by atoms with Crippen molar-refractivity contribution in [3.8, 4) is 11.3 Å². The van der Waals surface area contributed by atoms with Gasteiger partial charge in [-0.2, -0.15) is 18.3 Å². The number of halogens is 3. The first-order valence-corrected chi connectivity index (χ1v) is 13.3. The minimum absolute atomic E-state index is 0.0113. The quantitative estimate of drug-likeness (QED) is 0.507. The maximum atomic E-state index is 13.5. The molecule has 0 fully saturated rings. The number of nitrogens with one attached hydrogen (secondary N) is 1. The molecule has 3 heterocycles. The first kappa shape index (κ1) is 27.0. The molecular weight excluding hydrogens is 523 g/mol. The minimum Gasteiger partial charge on any atom is -0.346 e. The summed E-state index contributed by atoms with van der Waals surface area (Å²) < 4.78 is 66.3. The Kier molecular flexibility index (Phi) is 7.15. The summed E-state index contributed by atoms with van der Waals surface area (Å²) in [6.45, 7) is 1.47. The van der Waals surface area contributed by atoms with Gasteiger partial charge < -0.3 is 5.32 Å². The van der Waals surface area contributed by atoms with Crippen molar-refractivity contribution in [3.63, 3.8) is 0 Å². The summed E-state index contributed by atoms with van der Waals surface area (Å²) in [7, 11) is -1.78. The summed E-state index contributed by atoms with van der Waals surface area (Å²) in [5.41, 5.74) is 0.609. The van der Waals surface area contributed by atoms with Crippen LogP contribution >= 0.6 is 0 Å². The van der Waals surface area contributed by atoms with Crippen molar-refractivity contribution in [1.29, 1.82) is 0 Å². The van der Waals surface area contributed by atoms with Gasteiger partial charge in [-0.25, -0.2) is 8.42 Å². The molecule has 0 saturated heterocycles. The number of allylic oxidation sites excluding steroid dienone is 4. The molecule has 1 N–H and O–H groups in total. The van der Waals surface area contributed by atoms with Gasteiger partial charge in [0.1, 0.15) is 5.56 Å². The lowest BCUT2D eigenvalue weighted by molar-refractivity contribution is -0.160. The molecule has 0 spiro atoms. The van der Waals surface area contributed by atoms with Crippen LogP contribution in [0.4, 0.5) is 13.2 Å². The highest BCUT2D eigenvalue weighted by molar-refractivity contribution is 7.90. The van der Waals surface area contributed by atoms with E-state index in [0.29, 0.717) is 22.6 Å². The number of carbonyl (C=O) groups excluding carboxylic acids is 1. The van der Waals surface area contributed by atoms with Crippen molar-refractivity contribution in [2.45, 2.75) is 31.0 Å². The molecule has 1 aliphatic carbocycles. The van der Waals surface area contributed by atoms with Gasteiger partial charge in [0.15, 0.2) is 9.84 Å². The zero-order valence-corrected chi connectivity index (χ0v) is 21.5. The maximum absolute atomic E-state index is 13.5. The number of rotatable bonds is 6. The SMILES string of the molecule is Cc1c(-c2ccnn2C)cc(C(=O)NCc2ccc(S(C)(=O)=O)cn2)c(=O)n1C1=CC(C(F)(F)F)CC=C1. The Hall–Kier alpha value is -4.00. The highest BCUT2D eigenvalue weighted by Gasteiger charge is 2.38. The van der Waals surface area contributed by atoms with E-state index >= 15 is 0 Å². The lowest BCUT2D eigenvalue weighted by Crippen LogP contribution is -2.34. The zero-order chi connectivity index (χ0) is 27.8. The molecule has 13 heteroatoms. The molecule has 0 radical (unpaired) electrons. The Labute approximate surface area is 216 Å². The molecule has 0 aromatic carbocycles. The molecular formula is C25H24F3N5O4S. The van der Waals surface area contributed by atoms with Crippen LogP contribution in [0.25, 0.3) is 17.0 Å². The van der Waals surface area contributed by atoms with Crippen molar-refractivity contribution in [3.05, 3.63) is 82.2 Å². The van der Waals surface area contributed by atoms with Gasteiger partial charge in [-0.1, -0.05) is 6.08 Å². The average Bonchev–Trinajstić information content (AvgIpc) is 3.27. The second-order valence-corrected chi connectivity index (χ2v) is 10.9. The van der Waals surface area contributed by atoms with Crippen LogP contribution in [0, 0.1) is 12.8 Å². The molecule has 1 aliphatic rings. The van der Waals surface area contributed by atoms with Gasteiger partial charge in [0.2, 0.25) is 0 Å². The lowest BCUT2D eigenvalue weighted by Gasteiger charge is -2.23. The number of aromatic nitrogens is 4. The van der Waals surface area contributed by atoms with Crippen molar-refractivity contribution in [1.82, 2.24) is 24.6 Å². The Morgan fingerprint density at radius 2 is 1.97 bits per heavy atom. The van der Waals surface area contributed by atoms with Gasteiger partial charge in [-0.3, -0.25) is 23.8 Å². The molecule has 4 rings (SSSR count). The highest BCUT2D eigenvalue weighted by Crippen LogP contribution is 2.35. The van der Waals surface area contributed by atoms with E-state index in [1.165, 1.54) is 41.2 Å². The fraction of sp³-hybridized carbons (Fsp3) is 0.280. The molecule has 1 unspecified atom stereocenters. The van der Waals surface area contributed by atoms with Crippen LogP contribution in [0.1, 0.15) is 28.2 Å². The third-order valence-electron chi connectivity index (χ3n) is 6.17. The van der Waals surface area contributed by atoms with E-state index < -0.39 is 33.4 Å². The van der Waals surface area contributed by atoms with Crippen molar-refractivity contribution < 1.29 is 26.4 Å². The number of hydrogen-bond donors (Lipinski definition) is 1. The number of alkyl halides is 3. The van der Waals surface area contributed by atoms with Crippen LogP contribution in [0.15, 0.2) is 64.6 Å². The van der Waals surface area contributed by atoms with Crippen LogP contribution in [-0.4, -0.2) is 46.1 Å². The van der Waals surface area contributed by atoms with E-state index in [2.05, 4.69) is 15.4 Å². The molecule has 1 amide bonds. The van der Waals surface area contributed by atoms with E-state index in [0.717, 1.165) is 23.1 Å². The molecule has 3 aromatic rings. The van der Waals surface area contributed by atoms with Gasteiger partial charge in [-0.05, 0) is 49.8 Å². The largest absolute Gasteiger partial charge is 0.395 e. The topological polar surface area (TPSA) is 116 Å². The molecule has 0 bridgehead atoms. The van der Waals surface area contributed by atoms with Gasteiger partial charge in [-0.15, -0.1) is 0 Å². The van der Waals surface area contributed by atoms with E-state index in [1.54, 1.807) is 20.0 Å². The maximum Gasteiger partial charge on any atom is 0.395 e. The predicted octanol–water partition coefficient (Wildman–Crippen LogP) is 3.27. The Morgan fingerprint density at radius 1 is 1.24 bits per heavy atom. The summed E-state index contributed by atoms with van der Waals surface area (Å²) in [4.78, 5) is 30.7. The summed E-state index contributed by atoms with van der Waals surface area (Å²) in [6, 6.07) is 5.83. The Morgan fingerprint density at radius 3 is 2.55 bits per heavy atom. The monoisotopic (exact) mass is 547 g/mol. The third-order valence-corrected chi connectivity index (χ3v) is 7.27. The van der Waals surface area contributed by atoms with Crippen LogP contribution in [0.2, 0.25) is 0 Å². The van der Waals surface area contributed by atoms with E-state index in [1.807, 2.05) is 0 Å². The van der Waals surface area contributed by atoms with Gasteiger partial charge in [0.25, 0.3) is 11.5 Å². The van der Waals surface area contributed by atoms with Crippen LogP contribution < -0.4 is 10.9 Å². The van der Waals surface area contributed by atoms with Crippen LogP contribution in [0.3, 0.4) is 0 Å². The van der Waals surface area contributed by atoms with Crippen molar-refractivity contribution in [2.75, 3.05) is 6.26 Å². The fourth-order valence-corrected chi connectivity index (χ4v) is 4.68. The highest BCUT2D eigenvalue weighted by atomic mass is 32.2. The zero-order valence-electron chi connectivity index (χ0n) is 20.7. The Bertz CT molecular complexity index is 1620. The number of sulfone groups is 1. The fourth-order valence-electron chi connectivity index (χ4n) is 4.12. The summed E-state index contributed by atoms with van der Waals surface area (Å²) in [5, 5.41) is 6.70. The number of hydrogen-bond acceptors (Lipinski definition) is 6. The molecule has 3 aromatic heterocycles. The predicted molar refractivity (Wildman–Crippen MR) is 134 cm³/mol. The van der Waals surface area contributed by atoms with E-state index in [4.69, 9.17) is 0 Å². The molecule has 38 heavy (non-hydrogen) atoms. The second kappa shape index (κ2) is 10.0. The van der Waals surface area contributed by atoms with E-state index in [9.17, 15) is 31.2 Å². The average molecular weight is 548 g/mol. The molecule has 0 aliphatic heterocycles. The summed E-state index contributed by atoms with van der Waals surface area (Å²) in [5.74, 6) is -2.54. The Balaban J connectivity index is 1.76. The smallest absolute Gasteiger partial charge is 0.346 e. The van der Waals surface area contributed by atoms with Crippen molar-refractivity contribution >= 4 is 21.4 Å². The second-order valence-electron chi connectivity index (χ2n) is 8.86. The first-order valence-electron chi connectivity index (χ1n) is 11.4. The minimum atomic E-state index is -4.49. The third kappa shape index (κ3) is 5.47. The summed E-state index contributed by atoms with van der Waals surface area (Å²) in [6.07, 6.45) is 2.75. The number of carbonyl (C=O) groups is 1. The molecule has 1 atom stereocenters. The van der Waals surface area contributed by atoms with Crippen molar-refractivity contribution in [2.24, 2.45) is 13.0 Å². The molecule has 200 valence electrons. The number of aryl methyl sites for hydroxylation is 1. The van der Waals surface area contributed by atoms with Crippen LogP contribution in [-0.2, 0) is 23.4 Å². The number of pyridine rings is 2. The normalized spacial score (nSPS) is 15.8. The van der Waals surface area contributed by atoms with Gasteiger partial charge in [0.05, 0.1) is 28.7 Å². The first-order chi connectivity index (χ1) is 17.8. The molecule has 0 saturated carbocycles. The van der Waals surface area contributed by atoms with E-state index in [-0.39, 0.29) is 29.1 Å². The van der Waals surface area contributed by atoms with Gasteiger partial charge >= 0.3 is 6.18 Å². The number of nitrogens with zero attached hydrogens (tertiary/aromatic N) is 4. The summed E-state index contributed by atoms with van der Waals surface area (Å²) >= 11 is 0. The number of amides is 1.